The van der Waals surface area contributed by atoms with Gasteiger partial charge in [0.05, 0.1) is 0 Å². The Bertz CT molecular complexity index is 470. The van der Waals surface area contributed by atoms with Crippen LogP contribution in [0.25, 0.3) is 0 Å². The van der Waals surface area contributed by atoms with Crippen LogP contribution in [0, 0.1) is 5.92 Å². The molecule has 1 aromatic carbocycles. The molecular formula is C17H26N2O2. The zero-order valence-corrected chi connectivity index (χ0v) is 13.1. The minimum absolute atomic E-state index is 0.346. The lowest BCUT2D eigenvalue weighted by Crippen LogP contribution is -2.41. The predicted molar refractivity (Wildman–Crippen MR) is 83.7 cm³/mol. The van der Waals surface area contributed by atoms with Gasteiger partial charge in [0.15, 0.2) is 11.5 Å². The van der Waals surface area contributed by atoms with E-state index in [4.69, 9.17) is 9.47 Å². The molecule has 2 aliphatic heterocycles. The zero-order chi connectivity index (χ0) is 14.7. The second-order valence-electron chi connectivity index (χ2n) is 6.13. The van der Waals surface area contributed by atoms with E-state index in [1.165, 1.54) is 38.0 Å². The highest BCUT2D eigenvalue weighted by Crippen LogP contribution is 2.32. The van der Waals surface area contributed by atoms with Crippen LogP contribution in [0.2, 0.25) is 0 Å². The van der Waals surface area contributed by atoms with E-state index in [-0.39, 0.29) is 0 Å². The summed E-state index contributed by atoms with van der Waals surface area (Å²) in [5, 5.41) is 3.68. The maximum Gasteiger partial charge on any atom is 0.231 e. The first-order valence-electron chi connectivity index (χ1n) is 8.10. The van der Waals surface area contributed by atoms with Crippen LogP contribution in [0.15, 0.2) is 18.2 Å². The molecule has 0 spiro atoms. The molecular weight excluding hydrogens is 264 g/mol. The van der Waals surface area contributed by atoms with E-state index in [2.05, 4.69) is 36.2 Å². The second-order valence-corrected chi connectivity index (χ2v) is 6.13. The van der Waals surface area contributed by atoms with Crippen molar-refractivity contribution in [3.8, 4) is 11.5 Å². The molecule has 4 heteroatoms. The van der Waals surface area contributed by atoms with E-state index in [1.807, 2.05) is 6.07 Å². The van der Waals surface area contributed by atoms with E-state index in [1.54, 1.807) is 0 Å². The van der Waals surface area contributed by atoms with E-state index >= 15 is 0 Å². The number of benzene rings is 1. The second kappa shape index (κ2) is 6.67. The van der Waals surface area contributed by atoms with Gasteiger partial charge in [0.1, 0.15) is 0 Å². The molecule has 2 heterocycles. The molecule has 1 fully saturated rings. The Balaban J connectivity index is 1.48. The Morgan fingerprint density at radius 2 is 2.00 bits per heavy atom. The van der Waals surface area contributed by atoms with Crippen LogP contribution in [0.1, 0.15) is 32.3 Å². The SMILES string of the molecule is CCN1CCC(C(C)NCc2ccc3c(c2)OCO3)CC1. The summed E-state index contributed by atoms with van der Waals surface area (Å²) < 4.78 is 10.8. The molecule has 21 heavy (non-hydrogen) atoms. The maximum absolute atomic E-state index is 5.43. The van der Waals surface area contributed by atoms with Crippen LogP contribution >= 0.6 is 0 Å². The van der Waals surface area contributed by atoms with Gasteiger partial charge in [-0.3, -0.25) is 0 Å². The number of nitrogens with one attached hydrogen (secondary N) is 1. The quantitative estimate of drug-likeness (QED) is 0.904. The Kier molecular flexibility index (Phi) is 4.66. The number of likely N-dealkylation sites (tertiary alicyclic amines) is 1. The van der Waals surface area contributed by atoms with Crippen molar-refractivity contribution in [2.45, 2.75) is 39.3 Å². The number of fused-ring (bicyclic) bond motifs is 1. The maximum atomic E-state index is 5.43. The van der Waals surface area contributed by atoms with Crippen LogP contribution in [-0.2, 0) is 6.54 Å². The molecule has 0 amide bonds. The average Bonchev–Trinajstić information content (AvgIpc) is 3.00. The molecule has 1 aromatic rings. The summed E-state index contributed by atoms with van der Waals surface area (Å²) in [7, 11) is 0. The molecule has 0 radical (unpaired) electrons. The lowest BCUT2D eigenvalue weighted by Gasteiger charge is -2.34. The summed E-state index contributed by atoms with van der Waals surface area (Å²) in [5.74, 6) is 2.53. The minimum Gasteiger partial charge on any atom is -0.454 e. The van der Waals surface area contributed by atoms with Gasteiger partial charge in [-0.15, -0.1) is 0 Å². The molecule has 0 bridgehead atoms. The molecule has 4 nitrogen and oxygen atoms in total. The van der Waals surface area contributed by atoms with Crippen LogP contribution in [0.4, 0.5) is 0 Å². The molecule has 116 valence electrons. The molecule has 0 aliphatic carbocycles. The molecule has 0 saturated carbocycles. The van der Waals surface area contributed by atoms with Crippen LogP contribution < -0.4 is 14.8 Å². The van der Waals surface area contributed by atoms with Crippen molar-refractivity contribution in [3.63, 3.8) is 0 Å². The highest BCUT2D eigenvalue weighted by atomic mass is 16.7. The van der Waals surface area contributed by atoms with Crippen molar-refractivity contribution in [3.05, 3.63) is 23.8 Å². The fourth-order valence-corrected chi connectivity index (χ4v) is 3.27. The Morgan fingerprint density at radius 1 is 1.24 bits per heavy atom. The highest BCUT2D eigenvalue weighted by molar-refractivity contribution is 5.44. The minimum atomic E-state index is 0.346. The lowest BCUT2D eigenvalue weighted by atomic mass is 9.90. The van der Waals surface area contributed by atoms with Gasteiger partial charge in [0, 0.05) is 12.6 Å². The third-order valence-corrected chi connectivity index (χ3v) is 4.85. The van der Waals surface area contributed by atoms with Crippen molar-refractivity contribution in [1.29, 1.82) is 0 Å². The number of piperidine rings is 1. The van der Waals surface area contributed by atoms with Crippen molar-refractivity contribution in [2.24, 2.45) is 5.92 Å². The summed E-state index contributed by atoms with van der Waals surface area (Å²) in [5.41, 5.74) is 1.26. The molecule has 1 N–H and O–H groups in total. The van der Waals surface area contributed by atoms with E-state index in [0.29, 0.717) is 12.8 Å². The molecule has 0 aromatic heterocycles. The van der Waals surface area contributed by atoms with Gasteiger partial charge >= 0.3 is 0 Å². The van der Waals surface area contributed by atoms with Gasteiger partial charge in [-0.05, 0) is 63.0 Å². The summed E-state index contributed by atoms with van der Waals surface area (Å²) in [6.07, 6.45) is 2.62. The Morgan fingerprint density at radius 3 is 2.76 bits per heavy atom. The van der Waals surface area contributed by atoms with E-state index in [9.17, 15) is 0 Å². The molecule has 1 unspecified atom stereocenters. The van der Waals surface area contributed by atoms with Crippen LogP contribution in [0.5, 0.6) is 11.5 Å². The molecule has 3 rings (SSSR count). The summed E-state index contributed by atoms with van der Waals surface area (Å²) in [4.78, 5) is 2.54. The smallest absolute Gasteiger partial charge is 0.231 e. The third-order valence-electron chi connectivity index (χ3n) is 4.85. The van der Waals surface area contributed by atoms with Gasteiger partial charge in [-0.1, -0.05) is 13.0 Å². The first-order chi connectivity index (χ1) is 10.3. The lowest BCUT2D eigenvalue weighted by molar-refractivity contribution is 0.168. The fourth-order valence-electron chi connectivity index (χ4n) is 3.27. The number of ether oxygens (including phenoxy) is 2. The molecule has 1 atom stereocenters. The number of rotatable bonds is 5. The summed E-state index contributed by atoms with van der Waals surface area (Å²) in [6.45, 7) is 9.49. The largest absolute Gasteiger partial charge is 0.454 e. The average molecular weight is 290 g/mol. The third kappa shape index (κ3) is 3.50. The van der Waals surface area contributed by atoms with Gasteiger partial charge < -0.3 is 19.7 Å². The van der Waals surface area contributed by atoms with E-state index in [0.717, 1.165) is 24.0 Å². The Labute approximate surface area is 127 Å². The van der Waals surface area contributed by atoms with Crippen molar-refractivity contribution in [1.82, 2.24) is 10.2 Å². The first kappa shape index (κ1) is 14.7. The van der Waals surface area contributed by atoms with Crippen molar-refractivity contribution >= 4 is 0 Å². The fraction of sp³-hybridized carbons (Fsp3) is 0.647. The van der Waals surface area contributed by atoms with Crippen LogP contribution in [-0.4, -0.2) is 37.4 Å². The highest BCUT2D eigenvalue weighted by Gasteiger charge is 2.23. The van der Waals surface area contributed by atoms with Gasteiger partial charge in [0.25, 0.3) is 0 Å². The Hall–Kier alpha value is -1.26. The van der Waals surface area contributed by atoms with Gasteiger partial charge in [0.2, 0.25) is 6.79 Å². The molecule has 1 saturated heterocycles. The van der Waals surface area contributed by atoms with Crippen molar-refractivity contribution in [2.75, 3.05) is 26.4 Å². The number of nitrogens with zero attached hydrogens (tertiary/aromatic N) is 1. The zero-order valence-electron chi connectivity index (χ0n) is 13.1. The monoisotopic (exact) mass is 290 g/mol. The first-order valence-corrected chi connectivity index (χ1v) is 8.10. The van der Waals surface area contributed by atoms with Gasteiger partial charge in [-0.2, -0.15) is 0 Å². The topological polar surface area (TPSA) is 33.7 Å². The normalized spacial score (nSPS) is 20.7. The number of hydrogen-bond acceptors (Lipinski definition) is 4. The standard InChI is InChI=1S/C17H26N2O2/c1-3-19-8-6-15(7-9-19)13(2)18-11-14-4-5-16-17(10-14)21-12-20-16/h4-5,10,13,15,18H,3,6-9,11-12H2,1-2H3. The summed E-state index contributed by atoms with van der Waals surface area (Å²) >= 11 is 0. The summed E-state index contributed by atoms with van der Waals surface area (Å²) in [6, 6.07) is 6.77. The predicted octanol–water partition coefficient (Wildman–Crippen LogP) is 2.63. The molecule has 2 aliphatic rings. The van der Waals surface area contributed by atoms with Gasteiger partial charge in [-0.25, -0.2) is 0 Å². The van der Waals surface area contributed by atoms with Crippen molar-refractivity contribution < 1.29 is 9.47 Å². The van der Waals surface area contributed by atoms with E-state index < -0.39 is 0 Å². The van der Waals surface area contributed by atoms with Crippen LogP contribution in [0.3, 0.4) is 0 Å². The number of hydrogen-bond donors (Lipinski definition) is 1.